The molecule has 0 radical (unpaired) electrons. The standard InChI is InChI=1S/C16H18N2O2/c1-11(12-7-8-12)17-15(19)9-14-10-20-16(18-14)13-5-3-2-4-6-13/h2-6,10-12H,7-9H2,1H3,(H,17,19)/t11-/m0/s1. The van der Waals surface area contributed by atoms with E-state index in [1.807, 2.05) is 30.3 Å². The number of hydrogen-bond donors (Lipinski definition) is 1. The normalized spacial score (nSPS) is 15.8. The molecule has 4 heteroatoms. The summed E-state index contributed by atoms with van der Waals surface area (Å²) < 4.78 is 5.43. The first-order valence-corrected chi connectivity index (χ1v) is 7.01. The van der Waals surface area contributed by atoms with Crippen molar-refractivity contribution in [1.82, 2.24) is 10.3 Å². The van der Waals surface area contributed by atoms with Crippen molar-refractivity contribution in [2.24, 2.45) is 5.92 Å². The Morgan fingerprint density at radius 1 is 1.40 bits per heavy atom. The van der Waals surface area contributed by atoms with Crippen LogP contribution in [0, 0.1) is 5.92 Å². The van der Waals surface area contributed by atoms with Gasteiger partial charge in [-0.05, 0) is 37.8 Å². The molecule has 3 rings (SSSR count). The van der Waals surface area contributed by atoms with Gasteiger partial charge in [0.2, 0.25) is 11.8 Å². The van der Waals surface area contributed by atoms with Gasteiger partial charge in [0.15, 0.2) is 0 Å². The number of hydrogen-bond acceptors (Lipinski definition) is 3. The molecule has 1 fully saturated rings. The molecule has 20 heavy (non-hydrogen) atoms. The Labute approximate surface area is 118 Å². The molecule has 1 atom stereocenters. The molecule has 1 amide bonds. The Balaban J connectivity index is 1.61. The van der Waals surface area contributed by atoms with Crippen molar-refractivity contribution in [1.29, 1.82) is 0 Å². The summed E-state index contributed by atoms with van der Waals surface area (Å²) in [4.78, 5) is 16.3. The first-order valence-electron chi connectivity index (χ1n) is 7.01. The second kappa shape index (κ2) is 5.49. The fraction of sp³-hybridized carbons (Fsp3) is 0.375. The molecule has 0 unspecified atom stereocenters. The number of benzene rings is 1. The molecule has 1 aromatic carbocycles. The Kier molecular flexibility index (Phi) is 3.54. The molecule has 2 aromatic rings. The molecule has 1 heterocycles. The first kappa shape index (κ1) is 12.9. The fourth-order valence-corrected chi connectivity index (χ4v) is 2.29. The van der Waals surface area contributed by atoms with Gasteiger partial charge in [0.05, 0.1) is 12.1 Å². The molecule has 4 nitrogen and oxygen atoms in total. The predicted molar refractivity (Wildman–Crippen MR) is 76.0 cm³/mol. The van der Waals surface area contributed by atoms with Crippen LogP contribution in [0.2, 0.25) is 0 Å². The summed E-state index contributed by atoms with van der Waals surface area (Å²) in [6, 6.07) is 9.95. The summed E-state index contributed by atoms with van der Waals surface area (Å²) in [6.07, 6.45) is 4.28. The summed E-state index contributed by atoms with van der Waals surface area (Å²) >= 11 is 0. The topological polar surface area (TPSA) is 55.1 Å². The molecule has 0 spiro atoms. The first-order chi connectivity index (χ1) is 9.72. The third kappa shape index (κ3) is 3.07. The van der Waals surface area contributed by atoms with Crippen LogP contribution in [-0.2, 0) is 11.2 Å². The largest absolute Gasteiger partial charge is 0.444 e. The van der Waals surface area contributed by atoms with Crippen molar-refractivity contribution in [2.75, 3.05) is 0 Å². The van der Waals surface area contributed by atoms with Crippen LogP contribution in [-0.4, -0.2) is 16.9 Å². The zero-order chi connectivity index (χ0) is 13.9. The van der Waals surface area contributed by atoms with E-state index in [-0.39, 0.29) is 18.4 Å². The summed E-state index contributed by atoms with van der Waals surface area (Å²) in [7, 11) is 0. The predicted octanol–water partition coefficient (Wildman–Crippen LogP) is 2.80. The number of nitrogens with zero attached hydrogens (tertiary/aromatic N) is 1. The van der Waals surface area contributed by atoms with Crippen molar-refractivity contribution >= 4 is 5.91 Å². The third-order valence-corrected chi connectivity index (χ3v) is 3.63. The molecular formula is C16H18N2O2. The molecule has 1 saturated carbocycles. The second-order valence-electron chi connectivity index (χ2n) is 5.38. The molecule has 0 aliphatic heterocycles. The van der Waals surface area contributed by atoms with E-state index in [0.29, 0.717) is 17.5 Å². The molecule has 1 N–H and O–H groups in total. The zero-order valence-electron chi connectivity index (χ0n) is 11.5. The molecule has 0 bridgehead atoms. The summed E-state index contributed by atoms with van der Waals surface area (Å²) in [6.45, 7) is 2.06. The van der Waals surface area contributed by atoms with Gasteiger partial charge in [-0.3, -0.25) is 4.79 Å². The minimum atomic E-state index is 0.0114. The van der Waals surface area contributed by atoms with Crippen molar-refractivity contribution in [2.45, 2.75) is 32.2 Å². The zero-order valence-corrected chi connectivity index (χ0v) is 11.5. The van der Waals surface area contributed by atoms with Crippen molar-refractivity contribution in [3.8, 4) is 11.5 Å². The van der Waals surface area contributed by atoms with Gasteiger partial charge in [0, 0.05) is 11.6 Å². The molecule has 1 aromatic heterocycles. The number of rotatable bonds is 5. The number of carbonyl (C=O) groups is 1. The van der Waals surface area contributed by atoms with Crippen molar-refractivity contribution in [3.63, 3.8) is 0 Å². The average molecular weight is 270 g/mol. The van der Waals surface area contributed by atoms with Gasteiger partial charge in [-0.25, -0.2) is 4.98 Å². The van der Waals surface area contributed by atoms with Gasteiger partial charge in [-0.1, -0.05) is 18.2 Å². The maximum Gasteiger partial charge on any atom is 0.226 e. The monoisotopic (exact) mass is 270 g/mol. The van der Waals surface area contributed by atoms with E-state index >= 15 is 0 Å². The van der Waals surface area contributed by atoms with Crippen LogP contribution in [0.3, 0.4) is 0 Å². The summed E-state index contributed by atoms with van der Waals surface area (Å²) in [5, 5.41) is 3.02. The van der Waals surface area contributed by atoms with Crippen LogP contribution in [0.5, 0.6) is 0 Å². The molecule has 1 aliphatic rings. The average Bonchev–Trinajstić information content (AvgIpc) is 3.21. The lowest BCUT2D eigenvalue weighted by atomic mass is 10.2. The summed E-state index contributed by atoms with van der Waals surface area (Å²) in [5.41, 5.74) is 1.59. The van der Waals surface area contributed by atoms with Gasteiger partial charge in [0.25, 0.3) is 0 Å². The van der Waals surface area contributed by atoms with Crippen molar-refractivity contribution < 1.29 is 9.21 Å². The third-order valence-electron chi connectivity index (χ3n) is 3.63. The van der Waals surface area contributed by atoms with Gasteiger partial charge < -0.3 is 9.73 Å². The second-order valence-corrected chi connectivity index (χ2v) is 5.38. The number of oxazole rings is 1. The maximum absolute atomic E-state index is 11.9. The minimum absolute atomic E-state index is 0.0114. The highest BCUT2D eigenvalue weighted by molar-refractivity contribution is 5.78. The Morgan fingerprint density at radius 3 is 2.85 bits per heavy atom. The SMILES string of the molecule is C[C@H](NC(=O)Cc1coc(-c2ccccc2)n1)C1CC1. The lowest BCUT2D eigenvalue weighted by Crippen LogP contribution is -2.35. The Bertz CT molecular complexity index is 588. The Morgan fingerprint density at radius 2 is 2.15 bits per heavy atom. The minimum Gasteiger partial charge on any atom is -0.444 e. The Hall–Kier alpha value is -2.10. The van der Waals surface area contributed by atoms with Gasteiger partial charge in [-0.15, -0.1) is 0 Å². The van der Waals surface area contributed by atoms with E-state index in [9.17, 15) is 4.79 Å². The quantitative estimate of drug-likeness (QED) is 0.909. The van der Waals surface area contributed by atoms with E-state index in [0.717, 1.165) is 5.56 Å². The van der Waals surface area contributed by atoms with Crippen LogP contribution < -0.4 is 5.32 Å². The maximum atomic E-state index is 11.9. The van der Waals surface area contributed by atoms with Gasteiger partial charge >= 0.3 is 0 Å². The van der Waals surface area contributed by atoms with Crippen molar-refractivity contribution in [3.05, 3.63) is 42.3 Å². The number of nitrogens with one attached hydrogen (secondary N) is 1. The number of aromatic nitrogens is 1. The summed E-state index contributed by atoms with van der Waals surface area (Å²) in [5.74, 6) is 1.23. The number of amides is 1. The molecule has 0 saturated heterocycles. The van der Waals surface area contributed by atoms with Crippen LogP contribution in [0.15, 0.2) is 41.0 Å². The molecule has 1 aliphatic carbocycles. The van der Waals surface area contributed by atoms with Gasteiger partial charge in [-0.2, -0.15) is 0 Å². The fourth-order valence-electron chi connectivity index (χ4n) is 2.29. The molecular weight excluding hydrogens is 252 g/mol. The van der Waals surface area contributed by atoms with Crippen LogP contribution >= 0.6 is 0 Å². The van der Waals surface area contributed by atoms with E-state index in [1.165, 1.54) is 12.8 Å². The van der Waals surface area contributed by atoms with E-state index in [1.54, 1.807) is 6.26 Å². The van der Waals surface area contributed by atoms with Crippen LogP contribution in [0.25, 0.3) is 11.5 Å². The van der Waals surface area contributed by atoms with Crippen LogP contribution in [0.1, 0.15) is 25.5 Å². The van der Waals surface area contributed by atoms with E-state index < -0.39 is 0 Å². The highest BCUT2D eigenvalue weighted by Gasteiger charge is 2.28. The molecule has 104 valence electrons. The smallest absolute Gasteiger partial charge is 0.226 e. The lowest BCUT2D eigenvalue weighted by molar-refractivity contribution is -0.121. The highest BCUT2D eigenvalue weighted by Crippen LogP contribution is 2.32. The van der Waals surface area contributed by atoms with Gasteiger partial charge in [0.1, 0.15) is 6.26 Å². The lowest BCUT2D eigenvalue weighted by Gasteiger charge is -2.11. The van der Waals surface area contributed by atoms with E-state index in [2.05, 4.69) is 17.2 Å². The van der Waals surface area contributed by atoms with Crippen LogP contribution in [0.4, 0.5) is 0 Å². The highest BCUT2D eigenvalue weighted by atomic mass is 16.3. The van der Waals surface area contributed by atoms with E-state index in [4.69, 9.17) is 4.42 Å². The number of carbonyl (C=O) groups excluding carboxylic acids is 1.